The molecular weight excluding hydrogens is 435 g/mol. The highest BCUT2D eigenvalue weighted by Crippen LogP contribution is 2.43. The van der Waals surface area contributed by atoms with Crippen LogP contribution in [0.5, 0.6) is 0 Å². The molecule has 1 heterocycles. The molecule has 1 aliphatic heterocycles. The molecule has 4 nitrogen and oxygen atoms in total. The van der Waals surface area contributed by atoms with Gasteiger partial charge in [0.1, 0.15) is 5.82 Å². The van der Waals surface area contributed by atoms with Gasteiger partial charge >= 0.3 is 0 Å². The largest absolute Gasteiger partial charge is 0.355 e. The lowest BCUT2D eigenvalue weighted by atomic mass is 10.0. The smallest absolute Gasteiger partial charge is 0.224 e. The summed E-state index contributed by atoms with van der Waals surface area (Å²) >= 11 is 0. The highest BCUT2D eigenvalue weighted by molar-refractivity contribution is 7.84. The molecule has 1 atom stereocenters. The fourth-order valence-corrected chi connectivity index (χ4v) is 5.18. The number of hydrogen-bond acceptors (Lipinski definition) is 3. The van der Waals surface area contributed by atoms with E-state index >= 15 is 0 Å². The van der Waals surface area contributed by atoms with Crippen molar-refractivity contribution in [1.29, 1.82) is 0 Å². The van der Waals surface area contributed by atoms with Crippen molar-refractivity contribution in [3.63, 3.8) is 0 Å². The second-order valence-electron chi connectivity index (χ2n) is 8.80. The first-order valence-corrected chi connectivity index (χ1v) is 13.1. The molecule has 2 aromatic carbocycles. The first kappa shape index (κ1) is 23.6. The zero-order chi connectivity index (χ0) is 23.4. The van der Waals surface area contributed by atoms with Crippen LogP contribution in [0.1, 0.15) is 49.3 Å². The molecule has 2 aliphatic rings. The molecule has 174 valence electrons. The Bertz CT molecular complexity index is 1120. The van der Waals surface area contributed by atoms with E-state index in [0.717, 1.165) is 57.9 Å². The molecule has 0 radical (unpaired) electrons. The van der Waals surface area contributed by atoms with Crippen molar-refractivity contribution < 1.29 is 13.4 Å². The SMILES string of the molecule is CC1=C(CC(=O)NCCN2CCCCC2)c2cc(F)ccc2/C1=C/c1ccc(S(C)=O)cc1. The summed E-state index contributed by atoms with van der Waals surface area (Å²) in [5, 5.41) is 3.05. The number of carbonyl (C=O) groups excluding carboxylic acids is 1. The fourth-order valence-electron chi connectivity index (χ4n) is 4.66. The molecule has 1 amide bonds. The van der Waals surface area contributed by atoms with Crippen LogP contribution < -0.4 is 5.32 Å². The number of halogens is 1. The second kappa shape index (κ2) is 10.6. The van der Waals surface area contributed by atoms with E-state index in [4.69, 9.17) is 0 Å². The van der Waals surface area contributed by atoms with Crippen LogP contribution in [0.2, 0.25) is 0 Å². The minimum atomic E-state index is -1.02. The molecule has 0 spiro atoms. The summed E-state index contributed by atoms with van der Waals surface area (Å²) < 4.78 is 25.8. The second-order valence-corrected chi connectivity index (χ2v) is 10.2. The van der Waals surface area contributed by atoms with Crippen molar-refractivity contribution >= 4 is 33.9 Å². The van der Waals surface area contributed by atoms with E-state index in [9.17, 15) is 13.4 Å². The molecule has 1 aliphatic carbocycles. The van der Waals surface area contributed by atoms with E-state index < -0.39 is 10.8 Å². The number of hydrogen-bond donors (Lipinski definition) is 1. The van der Waals surface area contributed by atoms with Crippen molar-refractivity contribution in [3.8, 4) is 0 Å². The van der Waals surface area contributed by atoms with Crippen LogP contribution in [-0.2, 0) is 15.6 Å². The predicted molar refractivity (Wildman–Crippen MR) is 134 cm³/mol. The number of fused-ring (bicyclic) bond motifs is 1. The average Bonchev–Trinajstić information content (AvgIpc) is 3.05. The molecule has 1 fully saturated rings. The number of piperidine rings is 1. The Balaban J connectivity index is 1.52. The molecule has 0 bridgehead atoms. The first-order valence-electron chi connectivity index (χ1n) is 11.6. The van der Waals surface area contributed by atoms with Gasteiger partial charge < -0.3 is 10.2 Å². The molecule has 0 aromatic heterocycles. The number of nitrogens with zero attached hydrogens (tertiary/aromatic N) is 1. The van der Waals surface area contributed by atoms with Gasteiger partial charge in [-0.25, -0.2) is 4.39 Å². The number of allylic oxidation sites excluding steroid dienone is 2. The molecule has 33 heavy (non-hydrogen) atoms. The zero-order valence-corrected chi connectivity index (χ0v) is 20.1. The molecule has 0 saturated carbocycles. The summed E-state index contributed by atoms with van der Waals surface area (Å²) in [6.07, 6.45) is 7.70. The Morgan fingerprint density at radius 1 is 1.09 bits per heavy atom. The van der Waals surface area contributed by atoms with Crippen LogP contribution in [0.3, 0.4) is 0 Å². The Labute approximate surface area is 198 Å². The summed E-state index contributed by atoms with van der Waals surface area (Å²) in [6.45, 7) is 5.72. The Hall–Kier alpha value is -2.57. The van der Waals surface area contributed by atoms with Crippen LogP contribution in [0.15, 0.2) is 52.9 Å². The van der Waals surface area contributed by atoms with E-state index in [2.05, 4.69) is 16.3 Å². The summed E-state index contributed by atoms with van der Waals surface area (Å²) in [7, 11) is -1.02. The maximum atomic E-state index is 14.1. The topological polar surface area (TPSA) is 49.4 Å². The fraction of sp³-hybridized carbons (Fsp3) is 0.370. The molecule has 1 unspecified atom stereocenters. The van der Waals surface area contributed by atoms with Crippen LogP contribution in [0, 0.1) is 5.82 Å². The summed E-state index contributed by atoms with van der Waals surface area (Å²) in [4.78, 5) is 15.9. The minimum Gasteiger partial charge on any atom is -0.355 e. The van der Waals surface area contributed by atoms with E-state index in [-0.39, 0.29) is 18.1 Å². The van der Waals surface area contributed by atoms with Gasteiger partial charge in [-0.2, -0.15) is 0 Å². The van der Waals surface area contributed by atoms with Crippen molar-refractivity contribution in [1.82, 2.24) is 10.2 Å². The van der Waals surface area contributed by atoms with Gasteiger partial charge in [0.2, 0.25) is 5.91 Å². The normalized spacial score (nSPS) is 18.5. The Kier molecular flexibility index (Phi) is 7.56. The molecule has 6 heteroatoms. The summed E-state index contributed by atoms with van der Waals surface area (Å²) in [5.74, 6) is -0.340. The third kappa shape index (κ3) is 5.68. The number of likely N-dealkylation sites (tertiary alicyclic amines) is 1. The van der Waals surface area contributed by atoms with E-state index in [1.54, 1.807) is 12.3 Å². The maximum absolute atomic E-state index is 14.1. The quantitative estimate of drug-likeness (QED) is 0.633. The predicted octanol–water partition coefficient (Wildman–Crippen LogP) is 4.88. The van der Waals surface area contributed by atoms with E-state index in [0.29, 0.717) is 6.54 Å². The number of benzene rings is 2. The van der Waals surface area contributed by atoms with Crippen LogP contribution in [0.25, 0.3) is 17.2 Å². The minimum absolute atomic E-state index is 0.0346. The van der Waals surface area contributed by atoms with Crippen molar-refractivity contribution in [2.75, 3.05) is 32.4 Å². The maximum Gasteiger partial charge on any atom is 0.224 e. The monoisotopic (exact) mass is 466 g/mol. The summed E-state index contributed by atoms with van der Waals surface area (Å²) in [5.41, 5.74) is 5.55. The van der Waals surface area contributed by atoms with Gasteiger partial charge in [-0.1, -0.05) is 24.6 Å². The molecule has 2 aromatic rings. The van der Waals surface area contributed by atoms with E-state index in [1.165, 1.54) is 31.4 Å². The highest BCUT2D eigenvalue weighted by Gasteiger charge is 2.25. The number of rotatable bonds is 7. The molecule has 1 saturated heterocycles. The standard InChI is InChI=1S/C27H31FN2O2S/c1-19-24(16-20-6-9-22(10-7-20)33(2)32)23-11-8-21(28)17-26(23)25(19)18-27(31)29-12-15-30-13-4-3-5-14-30/h6-11,16-17H,3-5,12-15,18H2,1-2H3,(H,29,31)/b24-16+. The summed E-state index contributed by atoms with van der Waals surface area (Å²) in [6, 6.07) is 12.4. The lowest BCUT2D eigenvalue weighted by Crippen LogP contribution is -2.37. The van der Waals surface area contributed by atoms with Gasteiger partial charge in [0, 0.05) is 35.0 Å². The van der Waals surface area contributed by atoms with Crippen LogP contribution >= 0.6 is 0 Å². The molecular formula is C27H31FN2O2S. The van der Waals surface area contributed by atoms with Crippen LogP contribution in [0.4, 0.5) is 4.39 Å². The van der Waals surface area contributed by atoms with Crippen molar-refractivity contribution in [2.45, 2.75) is 37.5 Å². The van der Waals surface area contributed by atoms with Gasteiger partial charge in [-0.15, -0.1) is 0 Å². The van der Waals surface area contributed by atoms with Crippen molar-refractivity contribution in [3.05, 3.63) is 70.5 Å². The van der Waals surface area contributed by atoms with Crippen LogP contribution in [-0.4, -0.2) is 47.5 Å². The zero-order valence-electron chi connectivity index (χ0n) is 19.3. The molecule has 4 rings (SSSR count). The number of carbonyl (C=O) groups is 1. The van der Waals surface area contributed by atoms with Gasteiger partial charge in [0.05, 0.1) is 6.42 Å². The van der Waals surface area contributed by atoms with Gasteiger partial charge in [-0.3, -0.25) is 9.00 Å². The average molecular weight is 467 g/mol. The first-order chi connectivity index (χ1) is 15.9. The Morgan fingerprint density at radius 2 is 1.82 bits per heavy atom. The highest BCUT2D eigenvalue weighted by atomic mass is 32.2. The third-order valence-electron chi connectivity index (χ3n) is 6.51. The lowest BCUT2D eigenvalue weighted by molar-refractivity contribution is -0.120. The number of nitrogens with one attached hydrogen (secondary N) is 1. The third-order valence-corrected chi connectivity index (χ3v) is 7.45. The molecule has 1 N–H and O–H groups in total. The van der Waals surface area contributed by atoms with Crippen molar-refractivity contribution in [2.24, 2.45) is 0 Å². The number of amides is 1. The van der Waals surface area contributed by atoms with E-state index in [1.807, 2.05) is 31.2 Å². The Morgan fingerprint density at radius 3 is 2.52 bits per heavy atom. The van der Waals surface area contributed by atoms with Gasteiger partial charge in [0.25, 0.3) is 0 Å². The van der Waals surface area contributed by atoms with Gasteiger partial charge in [0.15, 0.2) is 0 Å². The van der Waals surface area contributed by atoms with Gasteiger partial charge in [-0.05, 0) is 96.6 Å². The lowest BCUT2D eigenvalue weighted by Gasteiger charge is -2.26.